The maximum absolute atomic E-state index is 12.2. The van der Waals surface area contributed by atoms with Gasteiger partial charge in [0.2, 0.25) is 12.2 Å². The molecule has 89 heavy (non-hydrogen) atoms. The highest BCUT2D eigenvalue weighted by Gasteiger charge is 2.67. The smallest absolute Gasteiger partial charge is 0.350 e. The first-order valence-corrected chi connectivity index (χ1v) is 32.1. The third kappa shape index (κ3) is 14.4. The van der Waals surface area contributed by atoms with Gasteiger partial charge >= 0.3 is 59.7 Å². The highest BCUT2D eigenvalue weighted by molar-refractivity contribution is 5.85. The zero-order chi connectivity index (χ0) is 65.8. The van der Waals surface area contributed by atoms with Gasteiger partial charge in [0.25, 0.3) is 0 Å². The fraction of sp³-hybridized carbons (Fsp3) is 0.846. The van der Waals surface area contributed by atoms with Gasteiger partial charge in [-0.3, -0.25) is 38.4 Å². The molecule has 0 N–H and O–H groups in total. The van der Waals surface area contributed by atoms with Gasteiger partial charge in [-0.1, -0.05) is 34.6 Å². The average Bonchev–Trinajstić information content (AvgIpc) is 1.62. The minimum Gasteiger partial charge on any atom is -0.462 e. The van der Waals surface area contributed by atoms with E-state index in [-0.39, 0.29) is 115 Å². The number of hydrogen-bond acceptors (Lipinski definition) is 24. The molecule has 0 radical (unpaired) electrons. The predicted molar refractivity (Wildman–Crippen MR) is 307 cm³/mol. The molecule has 500 valence electrons. The highest BCUT2D eigenvalue weighted by atomic mass is 16.9. The van der Waals surface area contributed by atoms with Crippen LogP contribution in [0, 0.1) is 56.7 Å². The van der Waals surface area contributed by atoms with Gasteiger partial charge in [-0.25, -0.2) is 9.59 Å². The van der Waals surface area contributed by atoms with E-state index in [0.717, 1.165) is 38.5 Å². The normalized spacial score (nSPS) is 35.9. The minimum atomic E-state index is -1.07. The second kappa shape index (κ2) is 26.3. The quantitative estimate of drug-likeness (QED) is 0.114. The summed E-state index contributed by atoms with van der Waals surface area (Å²) in [6, 6.07) is 0. The molecule has 12 rings (SSSR count). The van der Waals surface area contributed by atoms with Crippen LogP contribution in [0.3, 0.4) is 0 Å². The van der Waals surface area contributed by atoms with E-state index >= 15 is 0 Å². The van der Waals surface area contributed by atoms with Crippen LogP contribution >= 0.6 is 0 Å². The first-order valence-electron chi connectivity index (χ1n) is 32.1. The van der Waals surface area contributed by atoms with Gasteiger partial charge in [-0.2, -0.15) is 0 Å². The number of hydrogen-bond donors (Lipinski definition) is 0. The molecule has 9 saturated heterocycles. The van der Waals surface area contributed by atoms with Gasteiger partial charge in [0.05, 0.1) is 51.4 Å². The van der Waals surface area contributed by atoms with E-state index in [2.05, 4.69) is 0 Å². The van der Waals surface area contributed by atoms with Crippen molar-refractivity contribution in [2.24, 2.45) is 56.7 Å². The Morgan fingerprint density at radius 2 is 0.955 bits per heavy atom. The van der Waals surface area contributed by atoms with Crippen LogP contribution in [0.15, 0.2) is 0 Å². The van der Waals surface area contributed by atoms with Crippen LogP contribution in [0.1, 0.15) is 195 Å². The zero-order valence-electron chi connectivity index (χ0n) is 55.0. The summed E-state index contributed by atoms with van der Waals surface area (Å²) in [5.41, 5.74) is -2.64. The fourth-order valence-electron chi connectivity index (χ4n) is 12.5. The largest absolute Gasteiger partial charge is 0.462 e. The summed E-state index contributed by atoms with van der Waals surface area (Å²) >= 11 is 0. The molecular weight excluding hydrogens is 1160 g/mol. The number of carbonyl (C=O) groups is 10. The molecule has 3 saturated carbocycles. The summed E-state index contributed by atoms with van der Waals surface area (Å²) in [5.74, 6) is -3.10. The monoisotopic (exact) mass is 1260 g/mol. The molecule has 0 amide bonds. The molecule has 4 bridgehead atoms. The molecule has 0 spiro atoms. The Labute approximate surface area is 521 Å². The molecule has 24 nitrogen and oxygen atoms in total. The van der Waals surface area contributed by atoms with Crippen LogP contribution in [0.4, 0.5) is 0 Å². The summed E-state index contributed by atoms with van der Waals surface area (Å²) in [5, 5.41) is 0. The van der Waals surface area contributed by atoms with E-state index in [1.165, 1.54) is 0 Å². The predicted octanol–water partition coefficient (Wildman–Crippen LogP) is 7.44. The van der Waals surface area contributed by atoms with E-state index in [1.54, 1.807) is 27.7 Å². The number of carbonyl (C=O) groups excluding carboxylic acids is 10. The Kier molecular flexibility index (Phi) is 20.5. The Morgan fingerprint density at radius 3 is 1.51 bits per heavy atom. The first-order chi connectivity index (χ1) is 41.4. The SMILES string of the molecule is CCC(C)(C)C(=O)OC1C(=O)OC2C3OC(C)(C)OC3OC12.CCC(C)(C)C(=O)OC1C(=O)OC2CCCC21.CCC(C)(C)C(=O)OC1C2CC3C(=O)OC1C3C2.CCC(C)(C)C(=O)OC1C2CC3C(=O)OC1C3O2.CCC(C)(C)C(=O)OC1COC(=O)C1. The van der Waals surface area contributed by atoms with Crippen molar-refractivity contribution in [2.75, 3.05) is 6.61 Å². The lowest BCUT2D eigenvalue weighted by Crippen LogP contribution is -2.42. The number of fused-ring (bicyclic) bond motifs is 6. The van der Waals surface area contributed by atoms with E-state index in [4.69, 9.17) is 66.3 Å². The van der Waals surface area contributed by atoms with Crippen molar-refractivity contribution < 1.29 is 114 Å². The number of ether oxygens (including phenoxy) is 14. The molecule has 19 atom stereocenters. The van der Waals surface area contributed by atoms with Crippen molar-refractivity contribution in [3.63, 3.8) is 0 Å². The van der Waals surface area contributed by atoms with Gasteiger partial charge in [0.1, 0.15) is 43.2 Å². The van der Waals surface area contributed by atoms with Crippen molar-refractivity contribution in [3.05, 3.63) is 0 Å². The molecular formula is C65H96O24. The third-order valence-electron chi connectivity index (χ3n) is 20.6. The van der Waals surface area contributed by atoms with Crippen molar-refractivity contribution >= 4 is 59.7 Å². The van der Waals surface area contributed by atoms with E-state index in [9.17, 15) is 47.9 Å². The summed E-state index contributed by atoms with van der Waals surface area (Å²) in [6.45, 7) is 31.8. The second-order valence-electron chi connectivity index (χ2n) is 29.3. The molecule has 0 aromatic heterocycles. The number of esters is 10. The van der Waals surface area contributed by atoms with Crippen molar-refractivity contribution in [3.8, 4) is 0 Å². The molecule has 3 aliphatic carbocycles. The summed E-state index contributed by atoms with van der Waals surface area (Å²) in [7, 11) is 0. The fourth-order valence-corrected chi connectivity index (χ4v) is 12.5. The molecule has 24 heteroatoms. The highest BCUT2D eigenvalue weighted by Crippen LogP contribution is 2.56. The summed E-state index contributed by atoms with van der Waals surface area (Å²) in [4.78, 5) is 117. The van der Waals surface area contributed by atoms with Gasteiger partial charge in [0, 0.05) is 17.8 Å². The van der Waals surface area contributed by atoms with E-state index < -0.39 is 93.8 Å². The lowest BCUT2D eigenvalue weighted by Gasteiger charge is -2.29. The number of rotatable bonds is 15. The lowest BCUT2D eigenvalue weighted by atomic mass is 9.87. The van der Waals surface area contributed by atoms with Crippen molar-refractivity contribution in [1.29, 1.82) is 0 Å². The minimum absolute atomic E-state index is 0.0231. The molecule has 9 heterocycles. The maximum atomic E-state index is 12.2. The Hall–Kier alpha value is -5.46. The van der Waals surface area contributed by atoms with Crippen molar-refractivity contribution in [2.45, 2.75) is 286 Å². The van der Waals surface area contributed by atoms with Crippen LogP contribution in [0.25, 0.3) is 0 Å². The van der Waals surface area contributed by atoms with Crippen LogP contribution in [0.2, 0.25) is 0 Å². The van der Waals surface area contributed by atoms with Crippen LogP contribution in [-0.2, 0) is 114 Å². The van der Waals surface area contributed by atoms with Crippen LogP contribution in [0.5, 0.6) is 0 Å². The molecule has 12 fully saturated rings. The van der Waals surface area contributed by atoms with Gasteiger partial charge < -0.3 is 66.3 Å². The van der Waals surface area contributed by atoms with Crippen molar-refractivity contribution in [1.82, 2.24) is 0 Å². The molecule has 12 aliphatic rings. The standard InChI is InChI=1S/C15H22O7.C14H20O4.C13H18O5.C13H20O4.C10H16O4/c1-6-14(2,3)13(17)20-9-7-8(18-11(9)16)10-12(19-7)22-15(4,5)21-10;1-4-14(2,3)13(16)18-10-7-5-8-9(6-7)12(15)17-11(8)10;1-4-13(2,3)12(15)18-9-7-5-6-8(16-7)10(9)17-11(6)14;1-4-13(2,3)12(15)17-10-8-6-5-7-9(8)16-11(10)14;1-4-10(2,3)9(12)14-7-5-8(11)13-6-7/h7-10,12H,6H2,1-5H3;7-11H,4-6H2,1-3H3;6-10H,4-5H2,1-3H3;8-10H,4-7H2,1-3H3;7H,4-6H2,1-3H3. The first kappa shape index (κ1) is 69.4. The number of cyclic esters (lactones) is 1. The maximum Gasteiger partial charge on any atom is 0.350 e. The lowest BCUT2D eigenvalue weighted by molar-refractivity contribution is -0.217. The Bertz CT molecular complexity index is 2630. The van der Waals surface area contributed by atoms with E-state index in [1.807, 2.05) is 90.0 Å². The summed E-state index contributed by atoms with van der Waals surface area (Å²) < 4.78 is 75.7. The van der Waals surface area contributed by atoms with E-state index in [0.29, 0.717) is 43.9 Å². The molecule has 0 aromatic carbocycles. The van der Waals surface area contributed by atoms with Gasteiger partial charge in [-0.15, -0.1) is 0 Å². The third-order valence-corrected chi connectivity index (χ3v) is 20.6. The topological polar surface area (TPSA) is 300 Å². The second-order valence-corrected chi connectivity index (χ2v) is 29.3. The van der Waals surface area contributed by atoms with Gasteiger partial charge in [0.15, 0.2) is 36.5 Å². The summed E-state index contributed by atoms with van der Waals surface area (Å²) in [6.07, 6.45) is 2.87. The van der Waals surface area contributed by atoms with Gasteiger partial charge in [-0.05, 0) is 154 Å². The van der Waals surface area contributed by atoms with Crippen LogP contribution in [-0.4, -0.2) is 158 Å². The Balaban J connectivity index is 0.000000145. The molecule has 9 aliphatic heterocycles. The zero-order valence-corrected chi connectivity index (χ0v) is 55.0. The Morgan fingerprint density at radius 1 is 0.461 bits per heavy atom. The average molecular weight is 1260 g/mol. The molecule has 0 aromatic rings. The van der Waals surface area contributed by atoms with Crippen LogP contribution < -0.4 is 0 Å². The molecule has 19 unspecified atom stereocenters.